The number of para-hydroxylation sites is 1. The molecular weight excluding hydrogens is 328 g/mol. The van der Waals surface area contributed by atoms with Gasteiger partial charge in [-0.05, 0) is 50.1 Å². The normalized spacial score (nSPS) is 13.2. The third kappa shape index (κ3) is 2.69. The van der Waals surface area contributed by atoms with E-state index in [0.717, 1.165) is 39.2 Å². The number of rotatable bonds is 4. The van der Waals surface area contributed by atoms with Crippen molar-refractivity contribution in [3.05, 3.63) is 59.3 Å². The van der Waals surface area contributed by atoms with E-state index in [9.17, 15) is 4.79 Å². The Hall–Kier alpha value is -2.95. The first-order valence-electron chi connectivity index (χ1n) is 8.71. The Morgan fingerprint density at radius 2 is 1.92 bits per heavy atom. The Kier molecular flexibility index (Phi) is 3.87. The fourth-order valence-corrected chi connectivity index (χ4v) is 3.65. The van der Waals surface area contributed by atoms with Crippen LogP contribution in [-0.2, 0) is 16.8 Å². The predicted octanol–water partition coefficient (Wildman–Crippen LogP) is 3.80. The number of aryl methyl sites for hydroxylation is 1. The molecule has 0 fully saturated rings. The molecule has 0 radical (unpaired) electrons. The van der Waals surface area contributed by atoms with Crippen molar-refractivity contribution in [1.29, 1.82) is 0 Å². The molecule has 0 aliphatic carbocycles. The van der Waals surface area contributed by atoms with Crippen LogP contribution in [0.3, 0.4) is 0 Å². The molecule has 2 N–H and O–H groups in total. The molecule has 5 nitrogen and oxygen atoms in total. The van der Waals surface area contributed by atoms with Crippen molar-refractivity contribution in [1.82, 2.24) is 10.3 Å². The van der Waals surface area contributed by atoms with Crippen LogP contribution in [0, 0.1) is 6.92 Å². The van der Waals surface area contributed by atoms with Crippen LogP contribution >= 0.6 is 0 Å². The molecule has 1 amide bonds. The Balaban J connectivity index is 1.55. The first kappa shape index (κ1) is 16.5. The number of carbonyl (C=O) groups excluding carboxylic acids is 1. The third-order valence-electron chi connectivity index (χ3n) is 4.98. The van der Waals surface area contributed by atoms with E-state index >= 15 is 0 Å². The molecule has 0 saturated carbocycles. The Bertz CT molecular complexity index is 988. The van der Waals surface area contributed by atoms with E-state index in [4.69, 9.17) is 9.47 Å². The second-order valence-electron chi connectivity index (χ2n) is 7.17. The van der Waals surface area contributed by atoms with E-state index in [0.29, 0.717) is 6.54 Å². The molecule has 4 rings (SSSR count). The minimum atomic E-state index is -0.653. The van der Waals surface area contributed by atoms with Gasteiger partial charge in [-0.15, -0.1) is 0 Å². The molecule has 0 unspecified atom stereocenters. The quantitative estimate of drug-likeness (QED) is 0.752. The first-order chi connectivity index (χ1) is 12.5. The highest BCUT2D eigenvalue weighted by molar-refractivity contribution is 5.95. The van der Waals surface area contributed by atoms with Crippen molar-refractivity contribution in [2.75, 3.05) is 6.79 Å². The van der Waals surface area contributed by atoms with Gasteiger partial charge < -0.3 is 19.8 Å². The Morgan fingerprint density at radius 1 is 1.15 bits per heavy atom. The van der Waals surface area contributed by atoms with Crippen molar-refractivity contribution in [3.63, 3.8) is 0 Å². The van der Waals surface area contributed by atoms with Crippen LogP contribution in [-0.4, -0.2) is 17.7 Å². The predicted molar refractivity (Wildman–Crippen MR) is 100 cm³/mol. The van der Waals surface area contributed by atoms with Gasteiger partial charge in [-0.3, -0.25) is 4.79 Å². The largest absolute Gasteiger partial charge is 0.454 e. The number of H-pyrrole nitrogens is 1. The van der Waals surface area contributed by atoms with Crippen molar-refractivity contribution in [2.24, 2.45) is 0 Å². The van der Waals surface area contributed by atoms with Gasteiger partial charge in [0, 0.05) is 23.1 Å². The summed E-state index contributed by atoms with van der Waals surface area (Å²) >= 11 is 0. The fraction of sp³-hybridized carbons (Fsp3) is 0.286. The van der Waals surface area contributed by atoms with E-state index in [1.807, 2.05) is 57.2 Å². The van der Waals surface area contributed by atoms with E-state index in [2.05, 4.69) is 16.4 Å². The minimum absolute atomic E-state index is 0.0111. The summed E-state index contributed by atoms with van der Waals surface area (Å²) < 4.78 is 10.7. The molecule has 26 heavy (non-hydrogen) atoms. The van der Waals surface area contributed by atoms with Crippen molar-refractivity contribution in [2.45, 2.75) is 32.7 Å². The van der Waals surface area contributed by atoms with Gasteiger partial charge >= 0.3 is 0 Å². The smallest absolute Gasteiger partial charge is 0.231 e. The van der Waals surface area contributed by atoms with Crippen LogP contribution in [0.15, 0.2) is 42.5 Å². The zero-order valence-corrected chi connectivity index (χ0v) is 15.2. The molecule has 0 saturated heterocycles. The van der Waals surface area contributed by atoms with E-state index < -0.39 is 5.41 Å². The number of fused-ring (bicyclic) bond motifs is 2. The topological polar surface area (TPSA) is 63.4 Å². The highest BCUT2D eigenvalue weighted by atomic mass is 16.7. The number of hydrogen-bond donors (Lipinski definition) is 2. The average Bonchev–Trinajstić information content (AvgIpc) is 3.21. The number of benzene rings is 2. The number of aromatic amines is 1. The zero-order chi connectivity index (χ0) is 18.3. The summed E-state index contributed by atoms with van der Waals surface area (Å²) in [6.07, 6.45) is 0. The van der Waals surface area contributed by atoms with Gasteiger partial charge in [0.05, 0.1) is 5.41 Å². The SMILES string of the molecule is Cc1[nH]c2ccccc2c1C(C)(C)C(=O)NCc1ccc2c(c1)OCO2. The number of ether oxygens (including phenoxy) is 2. The molecule has 2 heterocycles. The molecule has 134 valence electrons. The van der Waals surface area contributed by atoms with Gasteiger partial charge in [-0.1, -0.05) is 24.3 Å². The maximum absolute atomic E-state index is 13.0. The lowest BCUT2D eigenvalue weighted by molar-refractivity contribution is -0.125. The standard InChI is InChI=1S/C21H22N2O3/c1-13-19(15-6-4-5-7-16(15)23-13)21(2,3)20(24)22-11-14-8-9-17-18(10-14)26-12-25-17/h4-10,23H,11-12H2,1-3H3,(H,22,24). The summed E-state index contributed by atoms with van der Waals surface area (Å²) in [5.41, 5.74) is 3.44. The molecule has 1 aliphatic heterocycles. The molecular formula is C21H22N2O3. The van der Waals surface area contributed by atoms with Crippen molar-refractivity contribution in [3.8, 4) is 11.5 Å². The summed E-state index contributed by atoms with van der Waals surface area (Å²) in [7, 11) is 0. The summed E-state index contributed by atoms with van der Waals surface area (Å²) in [5.74, 6) is 1.46. The van der Waals surface area contributed by atoms with Gasteiger partial charge in [0.2, 0.25) is 12.7 Å². The molecule has 1 aromatic heterocycles. The summed E-state index contributed by atoms with van der Waals surface area (Å²) in [6.45, 7) is 6.63. The maximum Gasteiger partial charge on any atom is 0.231 e. The van der Waals surface area contributed by atoms with Crippen molar-refractivity contribution < 1.29 is 14.3 Å². The number of nitrogens with one attached hydrogen (secondary N) is 2. The fourth-order valence-electron chi connectivity index (χ4n) is 3.65. The van der Waals surface area contributed by atoms with Crippen LogP contribution in [0.4, 0.5) is 0 Å². The van der Waals surface area contributed by atoms with Crippen LogP contribution < -0.4 is 14.8 Å². The monoisotopic (exact) mass is 350 g/mol. The number of amides is 1. The second-order valence-corrected chi connectivity index (χ2v) is 7.17. The van der Waals surface area contributed by atoms with Crippen LogP contribution in [0.1, 0.15) is 30.7 Å². The van der Waals surface area contributed by atoms with Gasteiger partial charge in [0.15, 0.2) is 11.5 Å². The maximum atomic E-state index is 13.0. The van der Waals surface area contributed by atoms with Crippen molar-refractivity contribution >= 4 is 16.8 Å². The Labute approximate surface area is 152 Å². The highest BCUT2D eigenvalue weighted by Gasteiger charge is 2.33. The molecule has 1 aliphatic rings. The lowest BCUT2D eigenvalue weighted by atomic mass is 9.81. The summed E-state index contributed by atoms with van der Waals surface area (Å²) in [6, 6.07) is 13.8. The number of carbonyl (C=O) groups is 1. The zero-order valence-electron chi connectivity index (χ0n) is 15.2. The first-order valence-corrected chi connectivity index (χ1v) is 8.71. The molecule has 0 spiro atoms. The summed E-state index contributed by atoms with van der Waals surface area (Å²) in [5, 5.41) is 4.15. The molecule has 0 bridgehead atoms. The van der Waals surface area contributed by atoms with E-state index in [-0.39, 0.29) is 12.7 Å². The lowest BCUT2D eigenvalue weighted by Gasteiger charge is -2.25. The Morgan fingerprint density at radius 3 is 2.77 bits per heavy atom. The minimum Gasteiger partial charge on any atom is -0.454 e. The second kappa shape index (κ2) is 6.09. The molecule has 3 aromatic rings. The van der Waals surface area contributed by atoms with Gasteiger partial charge in [0.25, 0.3) is 0 Å². The van der Waals surface area contributed by atoms with E-state index in [1.54, 1.807) is 0 Å². The van der Waals surface area contributed by atoms with Gasteiger partial charge in [-0.25, -0.2) is 0 Å². The highest BCUT2D eigenvalue weighted by Crippen LogP contribution is 2.34. The van der Waals surface area contributed by atoms with Crippen LogP contribution in [0.5, 0.6) is 11.5 Å². The van der Waals surface area contributed by atoms with E-state index in [1.165, 1.54) is 0 Å². The molecule has 2 aromatic carbocycles. The van der Waals surface area contributed by atoms with Crippen LogP contribution in [0.25, 0.3) is 10.9 Å². The molecule has 5 heteroatoms. The lowest BCUT2D eigenvalue weighted by Crippen LogP contribution is -2.40. The molecule has 0 atom stereocenters. The number of aromatic nitrogens is 1. The van der Waals surface area contributed by atoms with Crippen LogP contribution in [0.2, 0.25) is 0 Å². The average molecular weight is 350 g/mol. The summed E-state index contributed by atoms with van der Waals surface area (Å²) in [4.78, 5) is 16.4. The van der Waals surface area contributed by atoms with Gasteiger partial charge in [0.1, 0.15) is 0 Å². The van der Waals surface area contributed by atoms with Gasteiger partial charge in [-0.2, -0.15) is 0 Å². The third-order valence-corrected chi connectivity index (χ3v) is 4.98. The number of hydrogen-bond acceptors (Lipinski definition) is 3.